The quantitative estimate of drug-likeness (QED) is 0.594. The molecule has 66 valence electrons. The van der Waals surface area contributed by atoms with E-state index in [1.54, 1.807) is 0 Å². The van der Waals surface area contributed by atoms with Crippen LogP contribution in [0.4, 0.5) is 8.78 Å². The maximum atomic E-state index is 12.7. The van der Waals surface area contributed by atoms with Gasteiger partial charge < -0.3 is 0 Å². The van der Waals surface area contributed by atoms with E-state index in [-0.39, 0.29) is 5.15 Å². The topological polar surface area (TPSA) is 12.9 Å². The first-order chi connectivity index (χ1) is 6.16. The molecule has 1 nitrogen and oxygen atoms in total. The minimum Gasteiger partial charge on any atom is -0.244 e. The molecule has 0 atom stereocenters. The summed E-state index contributed by atoms with van der Waals surface area (Å²) in [4.78, 5) is 3.75. The molecule has 0 saturated heterocycles. The monoisotopic (exact) mass is 199 g/mol. The molecule has 0 aliphatic carbocycles. The molecule has 0 saturated carbocycles. The molecule has 2 aromatic rings. The molecule has 1 heterocycles. The Kier molecular flexibility index (Phi) is 1.88. The van der Waals surface area contributed by atoms with Crippen LogP contribution in [0.5, 0.6) is 0 Å². The summed E-state index contributed by atoms with van der Waals surface area (Å²) in [6.07, 6.45) is 1.40. The van der Waals surface area contributed by atoms with Gasteiger partial charge in [-0.05, 0) is 23.6 Å². The number of hydrogen-bond acceptors (Lipinski definition) is 1. The van der Waals surface area contributed by atoms with Gasteiger partial charge in [-0.1, -0.05) is 11.6 Å². The molecule has 13 heavy (non-hydrogen) atoms. The molecular formula is C9H4ClF2N. The van der Waals surface area contributed by atoms with Crippen molar-refractivity contribution in [3.63, 3.8) is 0 Å². The number of nitrogens with zero attached hydrogens (tertiary/aromatic N) is 1. The molecule has 0 unspecified atom stereocenters. The predicted molar refractivity (Wildman–Crippen MR) is 46.7 cm³/mol. The zero-order valence-corrected chi connectivity index (χ0v) is 7.15. The third-order valence-corrected chi connectivity index (χ3v) is 1.93. The van der Waals surface area contributed by atoms with E-state index in [0.29, 0.717) is 10.8 Å². The van der Waals surface area contributed by atoms with Gasteiger partial charge in [-0.15, -0.1) is 0 Å². The summed E-state index contributed by atoms with van der Waals surface area (Å²) in [7, 11) is 0. The fourth-order valence-electron chi connectivity index (χ4n) is 1.11. The molecule has 1 aromatic heterocycles. The van der Waals surface area contributed by atoms with Crippen molar-refractivity contribution in [1.29, 1.82) is 0 Å². The molecule has 0 spiro atoms. The Morgan fingerprint density at radius 2 is 1.62 bits per heavy atom. The Balaban J connectivity index is 2.81. The summed E-state index contributed by atoms with van der Waals surface area (Å²) >= 11 is 5.58. The minimum atomic E-state index is -0.880. The molecule has 0 aliphatic rings. The average molecular weight is 200 g/mol. The lowest BCUT2D eigenvalue weighted by atomic mass is 10.2. The summed E-state index contributed by atoms with van der Waals surface area (Å²) in [5.41, 5.74) is 0. The highest BCUT2D eigenvalue weighted by Gasteiger charge is 2.04. The number of aromatic nitrogens is 1. The van der Waals surface area contributed by atoms with Crippen LogP contribution in [0.25, 0.3) is 10.8 Å². The normalized spacial score (nSPS) is 10.7. The lowest BCUT2D eigenvalue weighted by Crippen LogP contribution is -1.85. The van der Waals surface area contributed by atoms with E-state index in [2.05, 4.69) is 4.98 Å². The summed E-state index contributed by atoms with van der Waals surface area (Å²) in [6.45, 7) is 0. The van der Waals surface area contributed by atoms with E-state index in [4.69, 9.17) is 11.6 Å². The molecule has 2 rings (SSSR count). The van der Waals surface area contributed by atoms with Crippen molar-refractivity contribution in [2.45, 2.75) is 0 Å². The Morgan fingerprint density at radius 3 is 2.31 bits per heavy atom. The number of rotatable bonds is 0. The van der Waals surface area contributed by atoms with Crippen LogP contribution in [-0.4, -0.2) is 4.98 Å². The highest BCUT2D eigenvalue weighted by molar-refractivity contribution is 6.30. The smallest absolute Gasteiger partial charge is 0.159 e. The Hall–Kier alpha value is -1.22. The van der Waals surface area contributed by atoms with Gasteiger partial charge in [-0.2, -0.15) is 0 Å². The lowest BCUT2D eigenvalue weighted by Gasteiger charge is -1.98. The van der Waals surface area contributed by atoms with Crippen LogP contribution in [0.15, 0.2) is 24.4 Å². The zero-order valence-electron chi connectivity index (χ0n) is 6.39. The molecule has 0 aliphatic heterocycles. The van der Waals surface area contributed by atoms with E-state index in [1.165, 1.54) is 12.3 Å². The molecule has 0 N–H and O–H groups in total. The Morgan fingerprint density at radius 1 is 1.00 bits per heavy atom. The van der Waals surface area contributed by atoms with Gasteiger partial charge in [0.1, 0.15) is 5.15 Å². The second-order valence-electron chi connectivity index (χ2n) is 2.62. The van der Waals surface area contributed by atoms with E-state index in [1.807, 2.05) is 0 Å². The van der Waals surface area contributed by atoms with Crippen LogP contribution in [0.1, 0.15) is 0 Å². The molecule has 4 heteroatoms. The van der Waals surface area contributed by atoms with E-state index in [9.17, 15) is 8.78 Å². The highest BCUT2D eigenvalue weighted by Crippen LogP contribution is 2.19. The van der Waals surface area contributed by atoms with Crippen LogP contribution in [0.2, 0.25) is 5.15 Å². The van der Waals surface area contributed by atoms with Gasteiger partial charge in [-0.25, -0.2) is 13.8 Å². The summed E-state index contributed by atoms with van der Waals surface area (Å²) < 4.78 is 25.5. The average Bonchev–Trinajstić information content (AvgIpc) is 2.08. The fraction of sp³-hybridized carbons (Fsp3) is 0. The first-order valence-corrected chi connectivity index (χ1v) is 3.95. The number of benzene rings is 1. The largest absolute Gasteiger partial charge is 0.244 e. The number of pyridine rings is 1. The summed E-state index contributed by atoms with van der Waals surface area (Å²) in [5.74, 6) is -1.76. The SMILES string of the molecule is Fc1cc2cnc(Cl)cc2cc1F. The van der Waals surface area contributed by atoms with Crippen LogP contribution < -0.4 is 0 Å². The maximum absolute atomic E-state index is 12.7. The van der Waals surface area contributed by atoms with Crippen LogP contribution in [-0.2, 0) is 0 Å². The van der Waals surface area contributed by atoms with Crippen LogP contribution in [0.3, 0.4) is 0 Å². The van der Waals surface area contributed by atoms with Crippen molar-refractivity contribution in [1.82, 2.24) is 4.98 Å². The molecular weight excluding hydrogens is 196 g/mol. The van der Waals surface area contributed by atoms with Gasteiger partial charge in [0.2, 0.25) is 0 Å². The van der Waals surface area contributed by atoms with Gasteiger partial charge in [0, 0.05) is 11.6 Å². The van der Waals surface area contributed by atoms with Crippen molar-refractivity contribution < 1.29 is 8.78 Å². The number of hydrogen-bond donors (Lipinski definition) is 0. The maximum Gasteiger partial charge on any atom is 0.159 e. The summed E-state index contributed by atoms with van der Waals surface area (Å²) in [6, 6.07) is 3.67. The van der Waals surface area contributed by atoms with Crippen LogP contribution in [0, 0.1) is 11.6 Å². The van der Waals surface area contributed by atoms with Crippen molar-refractivity contribution >= 4 is 22.4 Å². The second kappa shape index (κ2) is 2.92. The molecule has 0 bridgehead atoms. The third-order valence-electron chi connectivity index (χ3n) is 1.73. The van der Waals surface area contributed by atoms with E-state index in [0.717, 1.165) is 12.1 Å². The first kappa shape index (κ1) is 8.38. The summed E-state index contributed by atoms with van der Waals surface area (Å²) in [5, 5.41) is 1.33. The van der Waals surface area contributed by atoms with Crippen molar-refractivity contribution in [2.75, 3.05) is 0 Å². The fourth-order valence-corrected chi connectivity index (χ4v) is 1.28. The van der Waals surface area contributed by atoms with Crippen molar-refractivity contribution in [3.8, 4) is 0 Å². The van der Waals surface area contributed by atoms with Gasteiger partial charge in [0.15, 0.2) is 11.6 Å². The van der Waals surface area contributed by atoms with Crippen molar-refractivity contribution in [3.05, 3.63) is 41.2 Å². The first-order valence-electron chi connectivity index (χ1n) is 3.57. The Bertz CT molecular complexity index is 470. The lowest BCUT2D eigenvalue weighted by molar-refractivity contribution is 0.511. The Labute approximate surface area is 78.0 Å². The minimum absolute atomic E-state index is 0.263. The van der Waals surface area contributed by atoms with E-state index < -0.39 is 11.6 Å². The van der Waals surface area contributed by atoms with Crippen LogP contribution >= 0.6 is 11.6 Å². The molecule has 0 amide bonds. The van der Waals surface area contributed by atoms with E-state index >= 15 is 0 Å². The predicted octanol–water partition coefficient (Wildman–Crippen LogP) is 3.17. The van der Waals surface area contributed by atoms with Gasteiger partial charge in [0.25, 0.3) is 0 Å². The highest BCUT2D eigenvalue weighted by atomic mass is 35.5. The number of halogens is 3. The molecule has 1 aromatic carbocycles. The van der Waals surface area contributed by atoms with Gasteiger partial charge in [-0.3, -0.25) is 0 Å². The van der Waals surface area contributed by atoms with Crippen molar-refractivity contribution in [2.24, 2.45) is 0 Å². The number of fused-ring (bicyclic) bond motifs is 1. The third kappa shape index (κ3) is 1.47. The van der Waals surface area contributed by atoms with Gasteiger partial charge in [0.05, 0.1) is 0 Å². The van der Waals surface area contributed by atoms with Gasteiger partial charge >= 0.3 is 0 Å². The second-order valence-corrected chi connectivity index (χ2v) is 3.01. The standard InChI is InChI=1S/C9H4ClF2N/c10-9-3-5-1-7(11)8(12)2-6(5)4-13-9/h1-4H. The zero-order chi connectivity index (χ0) is 9.42. The molecule has 0 fully saturated rings. The molecule has 0 radical (unpaired) electrons.